The number of pyridine rings is 1. The third-order valence-electron chi connectivity index (χ3n) is 2.43. The largest absolute Gasteiger partial charge is 0.457 e. The smallest absolute Gasteiger partial charge is 0.130 e. The van der Waals surface area contributed by atoms with E-state index in [1.54, 1.807) is 6.20 Å². The maximum Gasteiger partial charge on any atom is 0.130 e. The minimum absolute atomic E-state index is 0.170. The Kier molecular flexibility index (Phi) is 3.73. The molecule has 0 aliphatic rings. The van der Waals surface area contributed by atoms with E-state index < -0.39 is 0 Å². The first-order valence-electron chi connectivity index (χ1n) is 5.58. The molecule has 2 rings (SSSR count). The molecule has 0 spiro atoms. The Hall–Kier alpha value is -1.87. The van der Waals surface area contributed by atoms with Crippen molar-refractivity contribution in [2.24, 2.45) is 0 Å². The van der Waals surface area contributed by atoms with Crippen LogP contribution in [0.3, 0.4) is 0 Å². The van der Waals surface area contributed by atoms with Crippen molar-refractivity contribution < 1.29 is 9.84 Å². The highest BCUT2D eigenvalue weighted by Crippen LogP contribution is 2.21. The normalized spacial score (nSPS) is 10.2. The lowest BCUT2D eigenvalue weighted by Gasteiger charge is -2.06. The average Bonchev–Trinajstić information content (AvgIpc) is 2.32. The van der Waals surface area contributed by atoms with Crippen LogP contribution in [-0.4, -0.2) is 16.7 Å². The lowest BCUT2D eigenvalue weighted by Crippen LogP contribution is -1.91. The van der Waals surface area contributed by atoms with Crippen molar-refractivity contribution in [1.82, 2.24) is 4.98 Å². The Labute approximate surface area is 101 Å². The van der Waals surface area contributed by atoms with E-state index in [2.05, 4.69) is 4.98 Å². The Bertz CT molecular complexity index is 480. The van der Waals surface area contributed by atoms with E-state index in [0.717, 1.165) is 22.8 Å². The summed E-state index contributed by atoms with van der Waals surface area (Å²) in [6.45, 7) is 2.10. The van der Waals surface area contributed by atoms with Crippen LogP contribution in [0.2, 0.25) is 0 Å². The molecule has 3 heteroatoms. The van der Waals surface area contributed by atoms with Gasteiger partial charge in [-0.1, -0.05) is 12.1 Å². The average molecular weight is 229 g/mol. The minimum Gasteiger partial charge on any atom is -0.457 e. The molecule has 0 fully saturated rings. The van der Waals surface area contributed by atoms with Crippen molar-refractivity contribution in [1.29, 1.82) is 0 Å². The molecule has 0 saturated heterocycles. The van der Waals surface area contributed by atoms with Gasteiger partial charge in [-0.25, -0.2) is 0 Å². The van der Waals surface area contributed by atoms with E-state index in [1.807, 2.05) is 43.3 Å². The molecular formula is C14H15NO2. The number of aromatic nitrogens is 1. The van der Waals surface area contributed by atoms with E-state index in [0.29, 0.717) is 6.42 Å². The summed E-state index contributed by atoms with van der Waals surface area (Å²) < 4.78 is 5.69. The number of hydrogen-bond acceptors (Lipinski definition) is 3. The number of aliphatic hydroxyl groups is 1. The van der Waals surface area contributed by atoms with Gasteiger partial charge in [0.15, 0.2) is 0 Å². The third kappa shape index (κ3) is 3.29. The predicted octanol–water partition coefficient (Wildman–Crippen LogP) is 2.72. The molecule has 0 saturated carbocycles. The second kappa shape index (κ2) is 5.46. The van der Waals surface area contributed by atoms with Gasteiger partial charge in [-0.15, -0.1) is 0 Å². The van der Waals surface area contributed by atoms with Crippen LogP contribution in [0.4, 0.5) is 0 Å². The SMILES string of the molecule is Cc1cc(Oc2ccc(CCO)cc2)ccn1. The maximum absolute atomic E-state index is 8.82. The number of nitrogens with zero attached hydrogens (tertiary/aromatic N) is 1. The van der Waals surface area contributed by atoms with Gasteiger partial charge < -0.3 is 9.84 Å². The van der Waals surface area contributed by atoms with Gasteiger partial charge >= 0.3 is 0 Å². The second-order valence-corrected chi connectivity index (χ2v) is 3.85. The zero-order valence-corrected chi connectivity index (χ0v) is 9.76. The molecule has 0 atom stereocenters. The van der Waals surface area contributed by atoms with Gasteiger partial charge in [0, 0.05) is 24.6 Å². The Morgan fingerprint density at radius 2 is 1.88 bits per heavy atom. The molecule has 0 unspecified atom stereocenters. The number of ether oxygens (including phenoxy) is 1. The minimum atomic E-state index is 0.170. The van der Waals surface area contributed by atoms with Crippen LogP contribution in [0, 0.1) is 6.92 Å². The van der Waals surface area contributed by atoms with E-state index in [1.165, 1.54) is 0 Å². The lowest BCUT2D eigenvalue weighted by atomic mass is 10.1. The standard InChI is InChI=1S/C14H15NO2/c1-11-10-14(6-8-15-11)17-13-4-2-12(3-5-13)7-9-16/h2-6,8,10,16H,7,9H2,1H3. The Morgan fingerprint density at radius 3 is 2.53 bits per heavy atom. The fraction of sp³-hybridized carbons (Fsp3) is 0.214. The first-order valence-corrected chi connectivity index (χ1v) is 5.58. The molecular weight excluding hydrogens is 214 g/mol. The first-order chi connectivity index (χ1) is 8.28. The van der Waals surface area contributed by atoms with Crippen LogP contribution in [-0.2, 0) is 6.42 Å². The summed E-state index contributed by atoms with van der Waals surface area (Å²) in [5.74, 6) is 1.57. The maximum atomic E-state index is 8.82. The quantitative estimate of drug-likeness (QED) is 0.876. The molecule has 0 radical (unpaired) electrons. The van der Waals surface area contributed by atoms with Gasteiger partial charge in [0.25, 0.3) is 0 Å². The molecule has 0 aliphatic carbocycles. The van der Waals surface area contributed by atoms with Crippen molar-refractivity contribution in [3.8, 4) is 11.5 Å². The van der Waals surface area contributed by atoms with Crippen LogP contribution in [0.1, 0.15) is 11.3 Å². The molecule has 17 heavy (non-hydrogen) atoms. The van der Waals surface area contributed by atoms with Gasteiger partial charge in [-0.3, -0.25) is 4.98 Å². The van der Waals surface area contributed by atoms with Crippen LogP contribution in [0.15, 0.2) is 42.6 Å². The molecule has 0 amide bonds. The van der Waals surface area contributed by atoms with Crippen LogP contribution < -0.4 is 4.74 Å². The summed E-state index contributed by atoms with van der Waals surface area (Å²) in [4.78, 5) is 4.11. The van der Waals surface area contributed by atoms with E-state index in [9.17, 15) is 0 Å². The lowest BCUT2D eigenvalue weighted by molar-refractivity contribution is 0.299. The highest BCUT2D eigenvalue weighted by atomic mass is 16.5. The van der Waals surface area contributed by atoms with E-state index >= 15 is 0 Å². The molecule has 0 aliphatic heterocycles. The predicted molar refractivity (Wildman–Crippen MR) is 66.3 cm³/mol. The second-order valence-electron chi connectivity index (χ2n) is 3.85. The highest BCUT2D eigenvalue weighted by Gasteiger charge is 1.98. The molecule has 1 N–H and O–H groups in total. The van der Waals surface area contributed by atoms with Crippen molar-refractivity contribution >= 4 is 0 Å². The third-order valence-corrected chi connectivity index (χ3v) is 2.43. The molecule has 1 heterocycles. The zero-order chi connectivity index (χ0) is 12.1. The van der Waals surface area contributed by atoms with Crippen LogP contribution >= 0.6 is 0 Å². The number of hydrogen-bond donors (Lipinski definition) is 1. The van der Waals surface area contributed by atoms with Gasteiger partial charge in [-0.2, -0.15) is 0 Å². The Morgan fingerprint density at radius 1 is 1.12 bits per heavy atom. The molecule has 2 aromatic rings. The van der Waals surface area contributed by atoms with Gasteiger partial charge in [0.05, 0.1) is 0 Å². The summed E-state index contributed by atoms with van der Waals surface area (Å²) in [7, 11) is 0. The topological polar surface area (TPSA) is 42.4 Å². The molecule has 3 nitrogen and oxygen atoms in total. The van der Waals surface area contributed by atoms with Crippen molar-refractivity contribution in [3.05, 3.63) is 53.9 Å². The zero-order valence-electron chi connectivity index (χ0n) is 9.76. The van der Waals surface area contributed by atoms with Crippen molar-refractivity contribution in [2.45, 2.75) is 13.3 Å². The van der Waals surface area contributed by atoms with E-state index in [-0.39, 0.29) is 6.61 Å². The van der Waals surface area contributed by atoms with Crippen LogP contribution in [0.5, 0.6) is 11.5 Å². The van der Waals surface area contributed by atoms with Gasteiger partial charge in [-0.05, 0) is 37.1 Å². The molecule has 88 valence electrons. The molecule has 1 aromatic carbocycles. The number of benzene rings is 1. The summed E-state index contributed by atoms with van der Waals surface area (Å²) >= 11 is 0. The summed E-state index contributed by atoms with van der Waals surface area (Å²) in [6, 6.07) is 11.4. The molecule has 0 bridgehead atoms. The number of rotatable bonds is 4. The highest BCUT2D eigenvalue weighted by molar-refractivity contribution is 5.33. The fourth-order valence-corrected chi connectivity index (χ4v) is 1.57. The van der Waals surface area contributed by atoms with E-state index in [4.69, 9.17) is 9.84 Å². The summed E-state index contributed by atoms with van der Waals surface area (Å²) in [5.41, 5.74) is 2.03. The Balaban J connectivity index is 2.08. The van der Waals surface area contributed by atoms with Gasteiger partial charge in [0.2, 0.25) is 0 Å². The summed E-state index contributed by atoms with van der Waals surface area (Å²) in [5, 5.41) is 8.82. The monoisotopic (exact) mass is 229 g/mol. The van der Waals surface area contributed by atoms with Crippen LogP contribution in [0.25, 0.3) is 0 Å². The first kappa shape index (κ1) is 11.6. The molecule has 1 aromatic heterocycles. The van der Waals surface area contributed by atoms with Gasteiger partial charge in [0.1, 0.15) is 11.5 Å². The van der Waals surface area contributed by atoms with Crippen molar-refractivity contribution in [2.75, 3.05) is 6.61 Å². The van der Waals surface area contributed by atoms with Crippen molar-refractivity contribution in [3.63, 3.8) is 0 Å². The number of aliphatic hydroxyl groups excluding tert-OH is 1. The summed E-state index contributed by atoms with van der Waals surface area (Å²) in [6.07, 6.45) is 2.40. The fourth-order valence-electron chi connectivity index (χ4n) is 1.57. The number of aryl methyl sites for hydroxylation is 1.